The first-order chi connectivity index (χ1) is 0. The molecule has 0 aliphatic rings. The third kappa shape index (κ3) is 0. The molecule has 0 rings (SSSR count). The quantitative estimate of drug-likeness (QED) is 0.272. The lowest BCUT2D eigenvalue weighted by Gasteiger charge is -0.0786. The Morgan fingerprint density at radius 1 is 0.0606 bits per heavy atom. The molecule has 0 heterocycles. The molecule has 0 atom stereocenters. The molecule has 0 fully saturated rings. The van der Waals surface area contributed by atoms with Crippen LogP contribution in [0.15, 0.2) is 0 Å². The van der Waals surface area contributed by atoms with Crippen molar-refractivity contribution in [2.45, 2.75) is 245 Å². The third-order valence-corrected chi connectivity index (χ3v) is 0. The number of rotatable bonds is 0. The predicted octanol–water partition coefficient (Wildman–Crippen LogP) is 23.5. The van der Waals surface area contributed by atoms with E-state index in [1.54, 1.807) is 0 Å². The smallest absolute Gasteiger partial charge is 0 e. The molecule has 0 aliphatic heterocycles. The van der Waals surface area contributed by atoms with E-state index in [-0.39, 0.29) is 259 Å². The van der Waals surface area contributed by atoms with Crippen LogP contribution in [0.5, 0.6) is 0 Å². The van der Waals surface area contributed by atoms with Gasteiger partial charge in [-0.05, 0) is 0 Å². The van der Waals surface area contributed by atoms with Crippen molar-refractivity contribution in [1.82, 2.24) is 0 Å². The van der Waals surface area contributed by atoms with E-state index in [0.29, 0.717) is 0 Å². The van der Waals surface area contributed by atoms with E-state index in [1.807, 2.05) is 0 Å². The summed E-state index contributed by atoms with van der Waals surface area (Å²) in [6.07, 6.45) is 0. The molecule has 0 unspecified atom stereocenters. The van der Waals surface area contributed by atoms with Crippen LogP contribution >= 0.6 is 0 Å². The second kappa shape index (κ2) is 0. The summed E-state index contributed by atoms with van der Waals surface area (Å²) in [5.74, 6) is 0. The van der Waals surface area contributed by atoms with Crippen molar-refractivity contribution in [3.63, 3.8) is 0 Å². The van der Waals surface area contributed by atoms with Gasteiger partial charge in [-0.2, -0.15) is 0 Å². The zero-order valence-electron chi connectivity index (χ0n) is 0. The van der Waals surface area contributed by atoms with Crippen LogP contribution in [0, 0.1) is 0 Å². The van der Waals surface area contributed by atoms with Crippen LogP contribution in [0.2, 0.25) is 0 Å². The molecule has 0 heteroatoms. The highest BCUT2D eigenvalue weighted by molar-refractivity contribution is 2.54. The highest BCUT2D eigenvalue weighted by Crippen LogP contribution is 0.176. The van der Waals surface area contributed by atoms with Crippen LogP contribution in [-0.4, -0.2) is 0 Å². The van der Waals surface area contributed by atoms with Gasteiger partial charge in [-0.3, -0.25) is 0 Å². The van der Waals surface area contributed by atoms with Gasteiger partial charge in [0.05, 0.1) is 0 Å². The molecule has 0 amide bonds. The van der Waals surface area contributed by atoms with E-state index in [0.717, 1.165) is 0 Å². The van der Waals surface area contributed by atoms with E-state index in [1.165, 1.54) is 0 Å². The first-order valence-corrected chi connectivity index (χ1v) is 0. The highest BCUT2D eigenvalue weighted by Gasteiger charge is -0.0456. The molecular weight excluding hydrogens is 396 g/mol. The van der Waals surface area contributed by atoms with Crippen molar-refractivity contribution in [3.8, 4) is 0 Å². The van der Waals surface area contributed by atoms with Crippen molar-refractivity contribution in [2.24, 2.45) is 0 Å². The second-order valence-corrected chi connectivity index (χ2v) is 0. The van der Waals surface area contributed by atoms with Gasteiger partial charge in [0.1, 0.15) is 0 Å². The predicted molar refractivity (Wildman–Crippen MR) is 243 cm³/mol. The van der Waals surface area contributed by atoms with Crippen LogP contribution in [0.25, 0.3) is 0 Å². The Kier molecular flexibility index (Phi) is 0. The average molecular weight is 570 g/mol. The maximum atomic E-state index is 0. The Morgan fingerprint density at radius 3 is 0.0606 bits per heavy atom. The van der Waals surface area contributed by atoms with Gasteiger partial charge in [-0.15, -0.1) is 0 Å². The van der Waals surface area contributed by atoms with E-state index >= 15 is 0 Å². The molecule has 0 radical (unpaired) electrons. The second-order valence-electron chi connectivity index (χ2n) is 0. The molecule has 0 aromatic heterocycles. The van der Waals surface area contributed by atoms with Crippen LogP contribution in [-0.2, 0) is 0 Å². The molecule has 0 nitrogen and oxygen atoms in total. The van der Waals surface area contributed by atoms with E-state index in [9.17, 15) is 0 Å². The summed E-state index contributed by atoms with van der Waals surface area (Å²) in [5, 5.41) is 0. The van der Waals surface area contributed by atoms with Gasteiger partial charge in [0.2, 0.25) is 0 Å². The van der Waals surface area contributed by atoms with Gasteiger partial charge in [0.25, 0.3) is 0 Å². The van der Waals surface area contributed by atoms with Crippen LogP contribution in [0.1, 0.15) is 259 Å². The average Bonchev–Trinajstić information content (AvgIpc) is 0. The van der Waals surface area contributed by atoms with Gasteiger partial charge in [0.15, 0.2) is 0 Å². The SMILES string of the molecule is C.C.C.C.C.C.C.C.C.C.C.C.C.C.C.C.C.C.C.C.C.C.C.C.C.C.C.C.C.C.C.C.C.[3HH].[3HH].[3HH].[3HH].[3HH].[3HH].[3HH].[3HH].[3HH].[3HH]. The van der Waals surface area contributed by atoms with Gasteiger partial charge in [-0.1, -0.05) is 245 Å². The molecule has 0 aromatic rings. The Hall–Kier alpha value is 0. The van der Waals surface area contributed by atoms with Crippen LogP contribution in [0.4, 0.5) is 0 Å². The van der Waals surface area contributed by atoms with Gasteiger partial charge < -0.3 is 0 Å². The topological polar surface area (TPSA) is 0 Å². The van der Waals surface area contributed by atoms with Crippen molar-refractivity contribution in [3.05, 3.63) is 0 Å². The summed E-state index contributed by atoms with van der Waals surface area (Å²) in [6.45, 7) is 0. The lowest BCUT2D eigenvalue weighted by atomic mass is 12.0. The Labute approximate surface area is 259 Å². The van der Waals surface area contributed by atoms with Gasteiger partial charge in [0, 0.05) is 14.3 Å². The third-order valence-electron chi connectivity index (χ3n) is 0. The fourth-order valence-electron chi connectivity index (χ4n) is 0. The summed E-state index contributed by atoms with van der Waals surface area (Å²) >= 11 is 0. The van der Waals surface area contributed by atoms with E-state index < -0.39 is 0 Å². The van der Waals surface area contributed by atoms with Crippen molar-refractivity contribution < 1.29 is 14.3 Å². The molecule has 0 saturated carbocycles. The molecule has 0 aromatic carbocycles. The summed E-state index contributed by atoms with van der Waals surface area (Å²) in [4.78, 5) is 0. The van der Waals surface area contributed by atoms with Crippen LogP contribution < -0.4 is 0 Å². The molecule has 0 saturated heterocycles. The Bertz CT molecular complexity index is 33.6. The number of hydrogen-bond donors (Lipinski definition) is 0. The van der Waals surface area contributed by atoms with Gasteiger partial charge in [-0.25, -0.2) is 0 Å². The van der Waals surface area contributed by atoms with Crippen molar-refractivity contribution in [1.29, 1.82) is 0 Å². The first kappa shape index (κ1) is 0. The standard InChI is InChI=1S/33CH4.10H2/h33*1H4;10*1H/i;;;;;;;;;;;;;;;;;;;;;;;;;;;;;;;;;10*1+2. The fraction of sp³-hybridized carbons (Fsp3) is 1.00. The van der Waals surface area contributed by atoms with Crippen molar-refractivity contribution in [2.75, 3.05) is 0 Å². The zero-order chi connectivity index (χ0) is 0. The zero-order valence-corrected chi connectivity index (χ0v) is 0. The van der Waals surface area contributed by atoms with E-state index in [4.69, 9.17) is 0 Å². The molecule has 0 N–H and O–H groups in total. The minimum Gasteiger partial charge on any atom is -0.0776 e. The van der Waals surface area contributed by atoms with E-state index in [2.05, 4.69) is 0 Å². The summed E-state index contributed by atoms with van der Waals surface area (Å²) in [5.41, 5.74) is 0. The Balaban J connectivity index is 0. The molecule has 33 heavy (non-hydrogen) atoms. The number of hydrogen-bond acceptors (Lipinski definition) is 0. The lowest BCUT2D eigenvalue weighted by Crippen LogP contribution is 0.143. The first-order valence-electron chi connectivity index (χ1n) is 0. The molecule has 0 bridgehead atoms. The summed E-state index contributed by atoms with van der Waals surface area (Å²) in [6, 6.07) is 0. The highest BCUT2D eigenvalue weighted by atomic mass is 12.0. The minimum absolute atomic E-state index is 0. The lowest BCUT2D eigenvalue weighted by molar-refractivity contribution is 2.50. The molecular formula is C33H152. The summed E-state index contributed by atoms with van der Waals surface area (Å²) < 4.78 is 0. The fourth-order valence-corrected chi connectivity index (χ4v) is 0. The Morgan fingerprint density at radius 2 is 0.0606 bits per heavy atom. The maximum Gasteiger partial charge on any atom is 0 e. The monoisotopic (exact) mass is 569 g/mol. The normalized spacial score (nSPS) is 0. The largest absolute Gasteiger partial charge is 0.0776 e. The van der Waals surface area contributed by atoms with Crippen LogP contribution in [0.3, 0.4) is 0 Å². The van der Waals surface area contributed by atoms with Crippen molar-refractivity contribution >= 4 is 0 Å². The molecule has 0 spiro atoms. The minimum atomic E-state index is 0. The van der Waals surface area contributed by atoms with Gasteiger partial charge >= 0.3 is 0 Å². The molecule has 0 aliphatic carbocycles. The maximum absolute atomic E-state index is 0. The molecule has 284 valence electrons. The summed E-state index contributed by atoms with van der Waals surface area (Å²) in [7, 11) is 0.